The van der Waals surface area contributed by atoms with Crippen LogP contribution < -0.4 is 4.90 Å². The molecule has 3 nitrogen and oxygen atoms in total. The maximum atomic E-state index is 14.2. The lowest BCUT2D eigenvalue weighted by molar-refractivity contribution is -0.120. The van der Waals surface area contributed by atoms with Gasteiger partial charge in [0, 0.05) is 18.7 Å². The fraction of sp³-hybridized carbons (Fsp3) is 0.216. The molecule has 0 bridgehead atoms. The van der Waals surface area contributed by atoms with Crippen LogP contribution in [0.15, 0.2) is 133 Å². The van der Waals surface area contributed by atoms with Gasteiger partial charge in [0.1, 0.15) is 0 Å². The van der Waals surface area contributed by atoms with Crippen LogP contribution in [0.5, 0.6) is 0 Å². The fourth-order valence-corrected chi connectivity index (χ4v) is 6.08. The van der Waals surface area contributed by atoms with Crippen LogP contribution in [0.4, 0.5) is 5.69 Å². The van der Waals surface area contributed by atoms with Crippen LogP contribution >= 0.6 is 0 Å². The summed E-state index contributed by atoms with van der Waals surface area (Å²) in [5.41, 5.74) is 4.54. The third-order valence-electron chi connectivity index (χ3n) is 8.18. The topological polar surface area (TPSA) is 23.6 Å². The van der Waals surface area contributed by atoms with Crippen molar-refractivity contribution in [2.45, 2.75) is 31.8 Å². The monoisotopic (exact) mass is 524 g/mol. The molecule has 40 heavy (non-hydrogen) atoms. The van der Waals surface area contributed by atoms with Crippen molar-refractivity contribution in [2.75, 3.05) is 18.0 Å². The second-order valence-corrected chi connectivity index (χ2v) is 10.9. The number of fused-ring (bicyclic) bond motifs is 1. The average Bonchev–Trinajstić information content (AvgIpc) is 3.02. The zero-order valence-corrected chi connectivity index (χ0v) is 22.9. The summed E-state index contributed by atoms with van der Waals surface area (Å²) in [5, 5.41) is 2.59. The number of likely N-dealkylation sites (tertiary alicyclic amines) is 1. The molecule has 0 aromatic heterocycles. The van der Waals surface area contributed by atoms with Crippen LogP contribution in [-0.4, -0.2) is 23.9 Å². The Morgan fingerprint density at radius 3 is 1.85 bits per heavy atom. The van der Waals surface area contributed by atoms with E-state index in [2.05, 4.69) is 108 Å². The van der Waals surface area contributed by atoms with Gasteiger partial charge in [-0.25, -0.2) is 0 Å². The Kier molecular flexibility index (Phi) is 8.02. The minimum Gasteiger partial charge on any atom is -0.301 e. The van der Waals surface area contributed by atoms with Crippen molar-refractivity contribution >= 4 is 22.4 Å². The molecule has 0 radical (unpaired) electrons. The second-order valence-electron chi connectivity index (χ2n) is 10.9. The van der Waals surface area contributed by atoms with E-state index in [1.54, 1.807) is 0 Å². The minimum atomic E-state index is -0.176. The van der Waals surface area contributed by atoms with E-state index >= 15 is 0 Å². The van der Waals surface area contributed by atoms with Crippen LogP contribution in [-0.2, 0) is 11.3 Å². The van der Waals surface area contributed by atoms with E-state index in [-0.39, 0.29) is 11.9 Å². The van der Waals surface area contributed by atoms with Crippen molar-refractivity contribution in [1.82, 2.24) is 4.90 Å². The molecule has 6 rings (SSSR count). The standard InChI is InChI=1S/C37H36N2O/c40-36(27-29-22-24-38(25-23-29)28-30-20-21-31-12-10-11-17-34(31)26-30)39(35-18-8-3-9-19-35)37(32-13-4-1-5-14-32)33-15-6-2-7-16-33/h1-21,26,29,37H,22-25,27-28H2. The largest absolute Gasteiger partial charge is 0.301 e. The highest BCUT2D eigenvalue weighted by molar-refractivity contribution is 5.95. The number of amides is 1. The number of carbonyl (C=O) groups excluding carboxylic acids is 1. The predicted octanol–water partition coefficient (Wildman–Crippen LogP) is 8.26. The van der Waals surface area contributed by atoms with Crippen LogP contribution in [0, 0.1) is 5.92 Å². The molecular formula is C37H36N2O. The molecule has 0 atom stereocenters. The molecule has 0 saturated carbocycles. The first-order chi connectivity index (χ1) is 19.7. The summed E-state index contributed by atoms with van der Waals surface area (Å²) >= 11 is 0. The predicted molar refractivity (Wildman–Crippen MR) is 165 cm³/mol. The lowest BCUT2D eigenvalue weighted by Crippen LogP contribution is -2.39. The normalized spacial score (nSPS) is 14.4. The Labute approximate surface area is 237 Å². The quantitative estimate of drug-likeness (QED) is 0.204. The lowest BCUT2D eigenvalue weighted by atomic mass is 9.91. The van der Waals surface area contributed by atoms with Gasteiger partial charge in [0.25, 0.3) is 0 Å². The van der Waals surface area contributed by atoms with Gasteiger partial charge in [-0.1, -0.05) is 115 Å². The van der Waals surface area contributed by atoms with Gasteiger partial charge in [0.2, 0.25) is 5.91 Å². The lowest BCUT2D eigenvalue weighted by Gasteiger charge is -2.36. The molecule has 5 aromatic carbocycles. The molecule has 1 aliphatic heterocycles. The van der Waals surface area contributed by atoms with Crippen molar-refractivity contribution < 1.29 is 4.79 Å². The molecule has 1 amide bonds. The summed E-state index contributed by atoms with van der Waals surface area (Å²) in [5.74, 6) is 0.579. The van der Waals surface area contributed by atoms with Crippen LogP contribution in [0.1, 0.15) is 42.0 Å². The Balaban J connectivity index is 1.18. The van der Waals surface area contributed by atoms with E-state index in [0.29, 0.717) is 12.3 Å². The SMILES string of the molecule is O=C(CC1CCN(Cc2ccc3ccccc3c2)CC1)N(c1ccccc1)C(c1ccccc1)c1ccccc1. The van der Waals surface area contributed by atoms with Crippen LogP contribution in [0.3, 0.4) is 0 Å². The Morgan fingerprint density at radius 1 is 0.675 bits per heavy atom. The average molecular weight is 525 g/mol. The smallest absolute Gasteiger partial charge is 0.228 e. The number of benzene rings is 5. The molecule has 1 saturated heterocycles. The van der Waals surface area contributed by atoms with E-state index in [4.69, 9.17) is 0 Å². The van der Waals surface area contributed by atoms with Crippen molar-refractivity contribution in [2.24, 2.45) is 5.92 Å². The fourth-order valence-electron chi connectivity index (χ4n) is 6.08. The zero-order chi connectivity index (χ0) is 27.1. The van der Waals surface area contributed by atoms with Crippen molar-refractivity contribution in [1.29, 1.82) is 0 Å². The molecule has 0 spiro atoms. The molecular weight excluding hydrogens is 488 g/mol. The number of rotatable bonds is 8. The summed E-state index contributed by atoms with van der Waals surface area (Å²) in [7, 11) is 0. The van der Waals surface area contributed by atoms with Crippen molar-refractivity contribution in [3.05, 3.63) is 150 Å². The van der Waals surface area contributed by atoms with Crippen LogP contribution in [0.2, 0.25) is 0 Å². The highest BCUT2D eigenvalue weighted by Gasteiger charge is 2.31. The zero-order valence-electron chi connectivity index (χ0n) is 22.9. The molecule has 3 heteroatoms. The first kappa shape index (κ1) is 26.0. The van der Waals surface area contributed by atoms with Gasteiger partial charge in [-0.2, -0.15) is 0 Å². The van der Waals surface area contributed by atoms with Gasteiger partial charge >= 0.3 is 0 Å². The van der Waals surface area contributed by atoms with Crippen LogP contribution in [0.25, 0.3) is 10.8 Å². The third kappa shape index (κ3) is 6.00. The van der Waals surface area contributed by atoms with E-state index in [9.17, 15) is 4.79 Å². The molecule has 0 N–H and O–H groups in total. The molecule has 1 aliphatic rings. The maximum absolute atomic E-state index is 14.2. The van der Waals surface area contributed by atoms with Gasteiger partial charge in [0.15, 0.2) is 0 Å². The number of nitrogens with zero attached hydrogens (tertiary/aromatic N) is 2. The Hall–Kier alpha value is -4.21. The van der Waals surface area contributed by atoms with E-state index in [0.717, 1.165) is 49.3 Å². The first-order valence-corrected chi connectivity index (χ1v) is 14.4. The van der Waals surface area contributed by atoms with Gasteiger partial charge in [0.05, 0.1) is 6.04 Å². The Bertz CT molecular complexity index is 1490. The number of carbonyl (C=O) groups is 1. The first-order valence-electron chi connectivity index (χ1n) is 14.4. The number of anilines is 1. The van der Waals surface area contributed by atoms with E-state index in [1.165, 1.54) is 16.3 Å². The summed E-state index contributed by atoms with van der Waals surface area (Å²) in [6.07, 6.45) is 2.65. The second kappa shape index (κ2) is 12.3. The molecule has 0 unspecified atom stereocenters. The van der Waals surface area contributed by atoms with Gasteiger partial charge in [-0.15, -0.1) is 0 Å². The number of para-hydroxylation sites is 1. The summed E-state index contributed by atoms with van der Waals surface area (Å²) in [6, 6.07) is 46.2. The molecule has 5 aromatic rings. The van der Waals surface area contributed by atoms with Gasteiger partial charge < -0.3 is 4.90 Å². The summed E-state index contributed by atoms with van der Waals surface area (Å²) in [6.45, 7) is 3.01. The van der Waals surface area contributed by atoms with Crippen molar-refractivity contribution in [3.8, 4) is 0 Å². The molecule has 1 heterocycles. The number of hydrogen-bond acceptors (Lipinski definition) is 2. The van der Waals surface area contributed by atoms with E-state index in [1.807, 2.05) is 35.2 Å². The third-order valence-corrected chi connectivity index (χ3v) is 8.18. The minimum absolute atomic E-state index is 0.176. The highest BCUT2D eigenvalue weighted by Crippen LogP contribution is 2.35. The summed E-state index contributed by atoms with van der Waals surface area (Å²) in [4.78, 5) is 18.8. The highest BCUT2D eigenvalue weighted by atomic mass is 16.2. The molecule has 200 valence electrons. The van der Waals surface area contributed by atoms with Crippen molar-refractivity contribution in [3.63, 3.8) is 0 Å². The maximum Gasteiger partial charge on any atom is 0.228 e. The number of hydrogen-bond donors (Lipinski definition) is 0. The van der Waals surface area contributed by atoms with E-state index < -0.39 is 0 Å². The molecule has 1 fully saturated rings. The Morgan fingerprint density at radius 2 is 1.23 bits per heavy atom. The molecule has 0 aliphatic carbocycles. The number of piperidine rings is 1. The summed E-state index contributed by atoms with van der Waals surface area (Å²) < 4.78 is 0. The van der Waals surface area contributed by atoms with Gasteiger partial charge in [-0.3, -0.25) is 9.69 Å². The van der Waals surface area contributed by atoms with Gasteiger partial charge in [-0.05, 0) is 77.5 Å².